The van der Waals surface area contributed by atoms with Crippen LogP contribution < -0.4 is 0 Å². The number of likely N-dealkylation sites (tertiary alicyclic amines) is 1. The van der Waals surface area contributed by atoms with Crippen LogP contribution in [0.2, 0.25) is 0 Å². The lowest BCUT2D eigenvalue weighted by atomic mass is 9.90. The van der Waals surface area contributed by atoms with Crippen molar-refractivity contribution >= 4 is 0 Å². The van der Waals surface area contributed by atoms with Gasteiger partial charge in [0.05, 0.1) is 6.10 Å². The Morgan fingerprint density at radius 3 is 2.57 bits per heavy atom. The number of aliphatic hydroxyl groups excluding tert-OH is 1. The third-order valence-electron chi connectivity index (χ3n) is 3.67. The molecule has 1 aliphatic heterocycles. The number of piperidine rings is 1. The van der Waals surface area contributed by atoms with E-state index in [2.05, 4.69) is 25.7 Å². The second-order valence-electron chi connectivity index (χ2n) is 5.03. The SMILES string of the molecule is CC(O)CC(C)N1CCCC(C)C1C. The highest BCUT2D eigenvalue weighted by atomic mass is 16.3. The van der Waals surface area contributed by atoms with Gasteiger partial charge in [-0.1, -0.05) is 6.92 Å². The number of hydrogen-bond donors (Lipinski definition) is 1. The highest BCUT2D eigenvalue weighted by Gasteiger charge is 2.28. The Balaban J connectivity index is 2.48. The first-order chi connectivity index (χ1) is 6.52. The summed E-state index contributed by atoms with van der Waals surface area (Å²) in [7, 11) is 0. The van der Waals surface area contributed by atoms with E-state index in [0.29, 0.717) is 12.1 Å². The first-order valence-electron chi connectivity index (χ1n) is 5.96. The van der Waals surface area contributed by atoms with Crippen LogP contribution in [0, 0.1) is 5.92 Å². The van der Waals surface area contributed by atoms with E-state index in [1.807, 2.05) is 6.92 Å². The third kappa shape index (κ3) is 2.96. The molecular weight excluding hydrogens is 174 g/mol. The third-order valence-corrected chi connectivity index (χ3v) is 3.67. The lowest BCUT2D eigenvalue weighted by Crippen LogP contribution is -2.48. The zero-order valence-electron chi connectivity index (χ0n) is 10.0. The van der Waals surface area contributed by atoms with Crippen molar-refractivity contribution < 1.29 is 5.11 Å². The minimum atomic E-state index is -0.172. The van der Waals surface area contributed by atoms with Crippen LogP contribution in [0.3, 0.4) is 0 Å². The Morgan fingerprint density at radius 2 is 2.00 bits per heavy atom. The maximum absolute atomic E-state index is 9.38. The Labute approximate surface area is 88.3 Å². The molecule has 0 aromatic carbocycles. The van der Waals surface area contributed by atoms with Crippen LogP contribution in [0.1, 0.15) is 47.0 Å². The van der Waals surface area contributed by atoms with E-state index in [-0.39, 0.29) is 6.10 Å². The highest BCUT2D eigenvalue weighted by Crippen LogP contribution is 2.25. The molecule has 0 spiro atoms. The van der Waals surface area contributed by atoms with Crippen molar-refractivity contribution in [3.05, 3.63) is 0 Å². The van der Waals surface area contributed by atoms with Gasteiger partial charge in [0.15, 0.2) is 0 Å². The Hall–Kier alpha value is -0.0800. The molecule has 0 saturated carbocycles. The van der Waals surface area contributed by atoms with E-state index in [1.165, 1.54) is 19.4 Å². The van der Waals surface area contributed by atoms with Crippen LogP contribution in [0.4, 0.5) is 0 Å². The van der Waals surface area contributed by atoms with Crippen LogP contribution in [0.15, 0.2) is 0 Å². The van der Waals surface area contributed by atoms with Gasteiger partial charge in [0.1, 0.15) is 0 Å². The van der Waals surface area contributed by atoms with Gasteiger partial charge in [-0.15, -0.1) is 0 Å². The Bertz CT molecular complexity index is 170. The van der Waals surface area contributed by atoms with Crippen molar-refractivity contribution in [2.24, 2.45) is 5.92 Å². The van der Waals surface area contributed by atoms with E-state index in [9.17, 15) is 5.11 Å². The summed E-state index contributed by atoms with van der Waals surface area (Å²) < 4.78 is 0. The van der Waals surface area contributed by atoms with Gasteiger partial charge in [0.25, 0.3) is 0 Å². The number of nitrogens with zero attached hydrogens (tertiary/aromatic N) is 1. The second-order valence-corrected chi connectivity index (χ2v) is 5.03. The van der Waals surface area contributed by atoms with E-state index in [0.717, 1.165) is 12.3 Å². The van der Waals surface area contributed by atoms with Crippen molar-refractivity contribution in [2.75, 3.05) is 6.54 Å². The maximum Gasteiger partial charge on any atom is 0.0526 e. The molecule has 84 valence electrons. The molecule has 0 bridgehead atoms. The predicted molar refractivity (Wildman–Crippen MR) is 60.3 cm³/mol. The molecular formula is C12H25NO. The lowest BCUT2D eigenvalue weighted by molar-refractivity contribution is 0.0485. The monoisotopic (exact) mass is 199 g/mol. The minimum Gasteiger partial charge on any atom is -0.393 e. The fourth-order valence-electron chi connectivity index (χ4n) is 2.62. The smallest absolute Gasteiger partial charge is 0.0526 e. The number of hydrogen-bond acceptors (Lipinski definition) is 2. The summed E-state index contributed by atoms with van der Waals surface area (Å²) in [6.45, 7) is 9.99. The fourth-order valence-corrected chi connectivity index (χ4v) is 2.62. The zero-order valence-corrected chi connectivity index (χ0v) is 10.0. The van der Waals surface area contributed by atoms with Crippen molar-refractivity contribution in [3.63, 3.8) is 0 Å². The Morgan fingerprint density at radius 1 is 1.36 bits per heavy atom. The van der Waals surface area contributed by atoms with E-state index < -0.39 is 0 Å². The molecule has 4 unspecified atom stereocenters. The minimum absolute atomic E-state index is 0.172. The largest absolute Gasteiger partial charge is 0.393 e. The van der Waals surface area contributed by atoms with Gasteiger partial charge in [-0.2, -0.15) is 0 Å². The molecule has 1 rings (SSSR count). The van der Waals surface area contributed by atoms with E-state index in [4.69, 9.17) is 0 Å². The summed E-state index contributed by atoms with van der Waals surface area (Å²) in [5.74, 6) is 0.806. The lowest BCUT2D eigenvalue weighted by Gasteiger charge is -2.42. The van der Waals surface area contributed by atoms with E-state index >= 15 is 0 Å². The van der Waals surface area contributed by atoms with Gasteiger partial charge in [-0.3, -0.25) is 4.90 Å². The van der Waals surface area contributed by atoms with Crippen molar-refractivity contribution in [1.29, 1.82) is 0 Å². The van der Waals surface area contributed by atoms with Crippen LogP contribution in [0.5, 0.6) is 0 Å². The fraction of sp³-hybridized carbons (Fsp3) is 1.00. The van der Waals surface area contributed by atoms with E-state index in [1.54, 1.807) is 0 Å². The van der Waals surface area contributed by atoms with Crippen LogP contribution in [-0.2, 0) is 0 Å². The first kappa shape index (κ1) is 12.0. The number of rotatable bonds is 3. The summed E-state index contributed by atoms with van der Waals surface area (Å²) >= 11 is 0. The summed E-state index contributed by atoms with van der Waals surface area (Å²) in [6.07, 6.45) is 3.40. The molecule has 2 nitrogen and oxygen atoms in total. The summed E-state index contributed by atoms with van der Waals surface area (Å²) in [5.41, 5.74) is 0. The normalized spacial score (nSPS) is 34.1. The quantitative estimate of drug-likeness (QED) is 0.753. The molecule has 0 aromatic rings. The molecule has 0 aliphatic carbocycles. The number of aliphatic hydroxyl groups is 1. The van der Waals surface area contributed by atoms with Crippen LogP contribution >= 0.6 is 0 Å². The molecule has 1 saturated heterocycles. The van der Waals surface area contributed by atoms with Crippen molar-refractivity contribution in [2.45, 2.75) is 65.1 Å². The average molecular weight is 199 g/mol. The van der Waals surface area contributed by atoms with Gasteiger partial charge in [-0.25, -0.2) is 0 Å². The van der Waals surface area contributed by atoms with Gasteiger partial charge >= 0.3 is 0 Å². The predicted octanol–water partition coefficient (Wildman–Crippen LogP) is 2.27. The van der Waals surface area contributed by atoms with Gasteiger partial charge in [-0.05, 0) is 52.5 Å². The molecule has 4 atom stereocenters. The van der Waals surface area contributed by atoms with Gasteiger partial charge in [0.2, 0.25) is 0 Å². The van der Waals surface area contributed by atoms with Gasteiger partial charge < -0.3 is 5.11 Å². The van der Waals surface area contributed by atoms with Crippen molar-refractivity contribution in [1.82, 2.24) is 4.90 Å². The molecule has 1 fully saturated rings. The second kappa shape index (κ2) is 5.13. The Kier molecular flexibility index (Phi) is 4.39. The topological polar surface area (TPSA) is 23.5 Å². The zero-order chi connectivity index (χ0) is 10.7. The molecule has 2 heteroatoms. The molecule has 1 heterocycles. The molecule has 0 radical (unpaired) electrons. The standard InChI is InChI=1S/C12H25NO/c1-9-6-5-7-13(12(9)4)10(2)8-11(3)14/h9-12,14H,5-8H2,1-4H3. The van der Waals surface area contributed by atoms with Gasteiger partial charge in [0, 0.05) is 12.1 Å². The van der Waals surface area contributed by atoms with Crippen LogP contribution in [0.25, 0.3) is 0 Å². The molecule has 0 amide bonds. The molecule has 0 aromatic heterocycles. The molecule has 1 N–H and O–H groups in total. The molecule has 1 aliphatic rings. The van der Waals surface area contributed by atoms with Crippen LogP contribution in [-0.4, -0.2) is 34.7 Å². The summed E-state index contributed by atoms with van der Waals surface area (Å²) in [4.78, 5) is 2.56. The maximum atomic E-state index is 9.38. The first-order valence-corrected chi connectivity index (χ1v) is 5.96. The summed E-state index contributed by atoms with van der Waals surface area (Å²) in [5, 5.41) is 9.38. The average Bonchev–Trinajstić information content (AvgIpc) is 2.08. The summed E-state index contributed by atoms with van der Waals surface area (Å²) in [6, 6.07) is 1.20. The van der Waals surface area contributed by atoms with Crippen molar-refractivity contribution in [3.8, 4) is 0 Å². The highest BCUT2D eigenvalue weighted by molar-refractivity contribution is 4.82. The molecule has 14 heavy (non-hydrogen) atoms.